The molecule has 2 N–H and O–H groups in total. The molecule has 5 rings (SSSR count). The summed E-state index contributed by atoms with van der Waals surface area (Å²) in [6, 6.07) is 11.7. The van der Waals surface area contributed by atoms with Gasteiger partial charge in [0.25, 0.3) is 5.91 Å². The molecule has 8 heteroatoms. The molecule has 174 valence electrons. The van der Waals surface area contributed by atoms with Gasteiger partial charge in [0.05, 0.1) is 30.1 Å². The number of H-pyrrole nitrogens is 1. The number of hydrogen-bond donors (Lipinski definition) is 2. The van der Waals surface area contributed by atoms with E-state index in [4.69, 9.17) is 4.74 Å². The molecular formula is C26H25FN4O3. The largest absolute Gasteiger partial charge is 0.490 e. The zero-order chi connectivity index (χ0) is 23.7. The van der Waals surface area contributed by atoms with Crippen LogP contribution in [0.3, 0.4) is 0 Å². The summed E-state index contributed by atoms with van der Waals surface area (Å²) in [5.41, 5.74) is 4.07. The van der Waals surface area contributed by atoms with Crippen LogP contribution in [-0.2, 0) is 13.2 Å². The minimum Gasteiger partial charge on any atom is -0.490 e. The van der Waals surface area contributed by atoms with Gasteiger partial charge in [0.15, 0.2) is 0 Å². The standard InChI is InChI=1S/C26H25FN4O3/c1-2-31(14-18-12-28-23(15-32)22-13-29-30-25(18)22)26(33)17-6-9-21(16-4-3-5-19(27)10-16)24(11-17)34-20-7-8-20/h3-6,9-13,20,32H,2,7-8,14-15H2,1H3,(H,29,30). The van der Waals surface area contributed by atoms with E-state index in [1.807, 2.05) is 19.1 Å². The Morgan fingerprint density at radius 1 is 1.24 bits per heavy atom. The Balaban J connectivity index is 1.45. The number of amides is 1. The van der Waals surface area contributed by atoms with Crippen molar-refractivity contribution in [2.24, 2.45) is 0 Å². The number of aromatic amines is 1. The van der Waals surface area contributed by atoms with Crippen LogP contribution in [-0.4, -0.2) is 43.7 Å². The molecule has 0 atom stereocenters. The van der Waals surface area contributed by atoms with E-state index < -0.39 is 0 Å². The van der Waals surface area contributed by atoms with E-state index in [9.17, 15) is 14.3 Å². The second-order valence-corrected chi connectivity index (χ2v) is 8.40. The molecule has 0 spiro atoms. The average Bonchev–Trinajstić information content (AvgIpc) is 3.53. The quantitative estimate of drug-likeness (QED) is 0.405. The minimum atomic E-state index is -0.321. The third-order valence-corrected chi connectivity index (χ3v) is 6.01. The minimum absolute atomic E-state index is 0.129. The summed E-state index contributed by atoms with van der Waals surface area (Å²) in [5, 5.41) is 17.3. The topological polar surface area (TPSA) is 91.3 Å². The lowest BCUT2D eigenvalue weighted by atomic mass is 10.0. The number of aromatic nitrogens is 3. The van der Waals surface area contributed by atoms with E-state index in [1.165, 1.54) is 12.1 Å². The molecule has 2 aromatic carbocycles. The van der Waals surface area contributed by atoms with Crippen molar-refractivity contribution >= 4 is 16.8 Å². The second kappa shape index (κ2) is 9.23. The summed E-state index contributed by atoms with van der Waals surface area (Å²) < 4.78 is 19.9. The van der Waals surface area contributed by atoms with E-state index in [1.54, 1.807) is 35.5 Å². The lowest BCUT2D eigenvalue weighted by Gasteiger charge is -2.22. The summed E-state index contributed by atoms with van der Waals surface area (Å²) in [6.07, 6.45) is 5.36. The van der Waals surface area contributed by atoms with Gasteiger partial charge in [-0.25, -0.2) is 4.39 Å². The van der Waals surface area contributed by atoms with Crippen LogP contribution in [0.5, 0.6) is 5.75 Å². The molecule has 0 aliphatic heterocycles. The van der Waals surface area contributed by atoms with Gasteiger partial charge in [0.2, 0.25) is 0 Å². The number of aliphatic hydroxyl groups excluding tert-OH is 1. The van der Waals surface area contributed by atoms with Crippen molar-refractivity contribution < 1.29 is 19.0 Å². The summed E-state index contributed by atoms with van der Waals surface area (Å²) in [5.74, 6) is 0.117. The molecule has 1 fully saturated rings. The normalized spacial score (nSPS) is 13.3. The van der Waals surface area contributed by atoms with E-state index in [0.29, 0.717) is 35.7 Å². The maximum Gasteiger partial charge on any atom is 0.254 e. The number of aliphatic hydroxyl groups is 1. The van der Waals surface area contributed by atoms with Gasteiger partial charge < -0.3 is 14.7 Å². The average molecular weight is 461 g/mol. The first-order valence-corrected chi connectivity index (χ1v) is 11.3. The summed E-state index contributed by atoms with van der Waals surface area (Å²) in [4.78, 5) is 19.5. The van der Waals surface area contributed by atoms with Crippen LogP contribution in [0.2, 0.25) is 0 Å². The van der Waals surface area contributed by atoms with Gasteiger partial charge in [-0.15, -0.1) is 0 Å². The fourth-order valence-electron chi connectivity index (χ4n) is 4.01. The smallest absolute Gasteiger partial charge is 0.254 e. The Morgan fingerprint density at radius 3 is 2.82 bits per heavy atom. The zero-order valence-corrected chi connectivity index (χ0v) is 18.8. The first-order valence-electron chi connectivity index (χ1n) is 11.3. The van der Waals surface area contributed by atoms with Gasteiger partial charge in [-0.3, -0.25) is 14.9 Å². The molecule has 1 aliphatic rings. The van der Waals surface area contributed by atoms with E-state index in [0.717, 1.165) is 34.9 Å². The maximum atomic E-state index is 13.8. The molecule has 2 aromatic heterocycles. The highest BCUT2D eigenvalue weighted by Crippen LogP contribution is 2.36. The third kappa shape index (κ3) is 4.36. The van der Waals surface area contributed by atoms with Crippen molar-refractivity contribution in [1.29, 1.82) is 0 Å². The highest BCUT2D eigenvalue weighted by atomic mass is 19.1. The predicted molar refractivity (Wildman–Crippen MR) is 126 cm³/mol. The lowest BCUT2D eigenvalue weighted by molar-refractivity contribution is 0.0752. The molecular weight excluding hydrogens is 435 g/mol. The first kappa shape index (κ1) is 22.0. The number of ether oxygens (including phenoxy) is 1. The van der Waals surface area contributed by atoms with Crippen molar-refractivity contribution in [2.75, 3.05) is 6.54 Å². The Hall–Kier alpha value is -3.78. The zero-order valence-electron chi connectivity index (χ0n) is 18.8. The Bertz CT molecular complexity index is 1350. The lowest BCUT2D eigenvalue weighted by Crippen LogP contribution is -2.30. The number of carbonyl (C=O) groups excluding carboxylic acids is 1. The van der Waals surface area contributed by atoms with Gasteiger partial charge >= 0.3 is 0 Å². The van der Waals surface area contributed by atoms with Gasteiger partial charge in [-0.05, 0) is 55.7 Å². The number of pyridine rings is 1. The van der Waals surface area contributed by atoms with Gasteiger partial charge in [-0.2, -0.15) is 5.10 Å². The second-order valence-electron chi connectivity index (χ2n) is 8.40. The molecule has 2 heterocycles. The van der Waals surface area contributed by atoms with Crippen molar-refractivity contribution in [3.05, 3.63) is 77.5 Å². The summed E-state index contributed by atoms with van der Waals surface area (Å²) in [7, 11) is 0. The molecule has 0 unspecified atom stereocenters. The molecule has 7 nitrogen and oxygen atoms in total. The third-order valence-electron chi connectivity index (χ3n) is 6.01. The number of hydrogen-bond acceptors (Lipinski definition) is 5. The highest BCUT2D eigenvalue weighted by molar-refractivity contribution is 5.96. The fourth-order valence-corrected chi connectivity index (χ4v) is 4.01. The number of benzene rings is 2. The molecule has 1 aliphatic carbocycles. The highest BCUT2D eigenvalue weighted by Gasteiger charge is 2.26. The number of fused-ring (bicyclic) bond motifs is 1. The van der Waals surface area contributed by atoms with Crippen molar-refractivity contribution in [2.45, 2.75) is 39.0 Å². The van der Waals surface area contributed by atoms with Crippen LogP contribution in [0.1, 0.15) is 41.4 Å². The Morgan fingerprint density at radius 2 is 2.09 bits per heavy atom. The number of carbonyl (C=O) groups is 1. The van der Waals surface area contributed by atoms with Gasteiger partial charge in [-0.1, -0.05) is 12.1 Å². The first-order chi connectivity index (χ1) is 16.6. The van der Waals surface area contributed by atoms with Crippen molar-refractivity contribution in [1.82, 2.24) is 20.1 Å². The van der Waals surface area contributed by atoms with Gasteiger partial charge in [0, 0.05) is 41.4 Å². The molecule has 0 radical (unpaired) electrons. The predicted octanol–water partition coefficient (Wildman–Crippen LogP) is 4.46. The van der Waals surface area contributed by atoms with Crippen LogP contribution >= 0.6 is 0 Å². The van der Waals surface area contributed by atoms with Crippen LogP contribution in [0, 0.1) is 5.82 Å². The Kier molecular flexibility index (Phi) is 5.98. The molecule has 0 saturated heterocycles. The Labute approximate surface area is 196 Å². The van der Waals surface area contributed by atoms with Gasteiger partial charge in [0.1, 0.15) is 11.6 Å². The fraction of sp³-hybridized carbons (Fsp3) is 0.269. The summed E-state index contributed by atoms with van der Waals surface area (Å²) in [6.45, 7) is 2.55. The number of rotatable bonds is 8. The SMILES string of the molecule is CCN(Cc1cnc(CO)c2cn[nH]c12)C(=O)c1ccc(-c2cccc(F)c2)c(OC2CC2)c1. The number of nitrogens with one attached hydrogen (secondary N) is 1. The molecule has 1 amide bonds. The molecule has 1 saturated carbocycles. The van der Waals surface area contributed by atoms with Crippen molar-refractivity contribution in [3.8, 4) is 16.9 Å². The summed E-state index contributed by atoms with van der Waals surface area (Å²) >= 11 is 0. The van der Waals surface area contributed by atoms with Crippen molar-refractivity contribution in [3.63, 3.8) is 0 Å². The van der Waals surface area contributed by atoms with E-state index >= 15 is 0 Å². The molecule has 34 heavy (non-hydrogen) atoms. The van der Waals surface area contributed by atoms with Crippen LogP contribution in [0.15, 0.2) is 54.9 Å². The number of nitrogens with zero attached hydrogens (tertiary/aromatic N) is 3. The van der Waals surface area contributed by atoms with E-state index in [2.05, 4.69) is 15.2 Å². The monoisotopic (exact) mass is 460 g/mol. The van der Waals surface area contributed by atoms with Crippen LogP contribution < -0.4 is 4.74 Å². The van der Waals surface area contributed by atoms with E-state index in [-0.39, 0.29) is 24.4 Å². The molecule has 4 aromatic rings. The molecule has 0 bridgehead atoms. The maximum absolute atomic E-state index is 13.8. The van der Waals surface area contributed by atoms with Crippen LogP contribution in [0.4, 0.5) is 4.39 Å². The number of halogens is 1. The van der Waals surface area contributed by atoms with Crippen LogP contribution in [0.25, 0.3) is 22.0 Å².